The first kappa shape index (κ1) is 11.6. The maximum absolute atomic E-state index is 9.91. The molecule has 0 aromatic carbocycles. The number of rotatable bonds is 4. The molecule has 0 amide bonds. The second-order valence-corrected chi connectivity index (χ2v) is 4.48. The van der Waals surface area contributed by atoms with Gasteiger partial charge in [-0.25, -0.2) is 0 Å². The summed E-state index contributed by atoms with van der Waals surface area (Å²) in [5.74, 6) is 6.53. The Kier molecular flexibility index (Phi) is 4.48. The summed E-state index contributed by atoms with van der Waals surface area (Å²) in [5, 5.41) is 9.91. The summed E-state index contributed by atoms with van der Waals surface area (Å²) < 4.78 is 0. The van der Waals surface area contributed by atoms with Gasteiger partial charge in [-0.1, -0.05) is 39.0 Å². The number of hydrogen-bond acceptors (Lipinski definition) is 1. The average molecular weight is 194 g/mol. The van der Waals surface area contributed by atoms with Crippen molar-refractivity contribution in [2.45, 2.75) is 64.4 Å². The molecular formula is C13H22O. The molecule has 1 nitrogen and oxygen atoms in total. The highest BCUT2D eigenvalue weighted by Gasteiger charge is 2.40. The lowest BCUT2D eigenvalue weighted by atomic mass is 9.71. The fraction of sp³-hybridized carbons (Fsp3) is 0.846. The van der Waals surface area contributed by atoms with E-state index in [0.717, 1.165) is 19.3 Å². The van der Waals surface area contributed by atoms with Crippen LogP contribution in [-0.4, -0.2) is 10.7 Å². The first-order chi connectivity index (χ1) is 6.69. The van der Waals surface area contributed by atoms with Gasteiger partial charge in [-0.2, -0.15) is 0 Å². The largest absolute Gasteiger partial charge is 0.377 e. The van der Waals surface area contributed by atoms with Gasteiger partial charge in [0.1, 0.15) is 5.60 Å². The van der Waals surface area contributed by atoms with Gasteiger partial charge in [-0.15, -0.1) is 5.92 Å². The molecule has 0 aromatic rings. The van der Waals surface area contributed by atoms with Crippen molar-refractivity contribution in [3.05, 3.63) is 0 Å². The summed E-state index contributed by atoms with van der Waals surface area (Å²) in [7, 11) is 0. The molecule has 0 saturated heterocycles. The van der Waals surface area contributed by atoms with E-state index in [1.54, 1.807) is 0 Å². The molecule has 1 rings (SSSR count). The maximum atomic E-state index is 9.91. The Labute approximate surface area is 87.9 Å². The third-order valence-corrected chi connectivity index (χ3v) is 3.23. The van der Waals surface area contributed by atoms with Gasteiger partial charge in [-0.3, -0.25) is 0 Å². The molecule has 0 spiro atoms. The minimum Gasteiger partial charge on any atom is -0.377 e. The van der Waals surface area contributed by atoms with Gasteiger partial charge in [0.2, 0.25) is 0 Å². The van der Waals surface area contributed by atoms with Gasteiger partial charge in [-0.05, 0) is 25.2 Å². The molecule has 80 valence electrons. The second kappa shape index (κ2) is 5.41. The molecule has 1 heteroatoms. The van der Waals surface area contributed by atoms with E-state index in [-0.39, 0.29) is 0 Å². The zero-order valence-electron chi connectivity index (χ0n) is 9.47. The summed E-state index contributed by atoms with van der Waals surface area (Å²) in [6, 6.07) is 0. The average Bonchev–Trinajstić information content (AvgIpc) is 2.20. The number of unbranched alkanes of at least 4 members (excludes halogenated alkanes) is 4. The van der Waals surface area contributed by atoms with Gasteiger partial charge < -0.3 is 5.11 Å². The summed E-state index contributed by atoms with van der Waals surface area (Å²) in [4.78, 5) is 0. The quantitative estimate of drug-likeness (QED) is 0.538. The van der Waals surface area contributed by atoms with Crippen LogP contribution in [0.3, 0.4) is 0 Å². The minimum atomic E-state index is -0.634. The van der Waals surface area contributed by atoms with Gasteiger partial charge in [0, 0.05) is 6.42 Å². The van der Waals surface area contributed by atoms with Gasteiger partial charge in [0.15, 0.2) is 0 Å². The summed E-state index contributed by atoms with van der Waals surface area (Å²) in [5.41, 5.74) is -0.634. The lowest BCUT2D eigenvalue weighted by Crippen LogP contribution is -2.44. The highest BCUT2D eigenvalue weighted by molar-refractivity contribution is 5.19. The molecule has 0 aromatic heterocycles. The van der Waals surface area contributed by atoms with Crippen LogP contribution in [0.4, 0.5) is 0 Å². The fourth-order valence-electron chi connectivity index (χ4n) is 1.75. The van der Waals surface area contributed by atoms with E-state index in [4.69, 9.17) is 0 Å². The van der Waals surface area contributed by atoms with Crippen molar-refractivity contribution in [1.82, 2.24) is 0 Å². The Balaban J connectivity index is 2.14. The minimum absolute atomic E-state index is 0.380. The van der Waals surface area contributed by atoms with Crippen molar-refractivity contribution in [2.24, 2.45) is 5.92 Å². The molecule has 0 bridgehead atoms. The van der Waals surface area contributed by atoms with Crippen molar-refractivity contribution < 1.29 is 5.11 Å². The monoisotopic (exact) mass is 194 g/mol. The van der Waals surface area contributed by atoms with Crippen molar-refractivity contribution in [1.29, 1.82) is 0 Å². The van der Waals surface area contributed by atoms with Crippen LogP contribution in [0.15, 0.2) is 0 Å². The maximum Gasteiger partial charge on any atom is 0.128 e. The predicted molar refractivity (Wildman–Crippen MR) is 59.9 cm³/mol. The molecule has 0 aliphatic heterocycles. The van der Waals surface area contributed by atoms with E-state index >= 15 is 0 Å². The van der Waals surface area contributed by atoms with Crippen molar-refractivity contribution in [2.75, 3.05) is 0 Å². The lowest BCUT2D eigenvalue weighted by Gasteiger charge is -2.39. The van der Waals surface area contributed by atoms with Crippen LogP contribution in [0.1, 0.15) is 58.8 Å². The van der Waals surface area contributed by atoms with Crippen LogP contribution in [0, 0.1) is 17.8 Å². The zero-order chi connectivity index (χ0) is 10.4. The molecular weight excluding hydrogens is 172 g/mol. The highest BCUT2D eigenvalue weighted by atomic mass is 16.3. The molecule has 1 N–H and O–H groups in total. The molecule has 1 fully saturated rings. The van der Waals surface area contributed by atoms with Crippen molar-refractivity contribution in [3.63, 3.8) is 0 Å². The van der Waals surface area contributed by atoms with Gasteiger partial charge in [0.05, 0.1) is 0 Å². The van der Waals surface area contributed by atoms with Gasteiger partial charge >= 0.3 is 0 Å². The van der Waals surface area contributed by atoms with E-state index in [9.17, 15) is 5.11 Å². The summed E-state index contributed by atoms with van der Waals surface area (Å²) >= 11 is 0. The third kappa shape index (κ3) is 3.03. The number of aliphatic hydroxyl groups is 1. The van der Waals surface area contributed by atoms with Crippen LogP contribution in [0.2, 0.25) is 0 Å². The third-order valence-electron chi connectivity index (χ3n) is 3.23. The molecule has 0 radical (unpaired) electrons. The highest BCUT2D eigenvalue weighted by Crippen LogP contribution is 2.37. The van der Waals surface area contributed by atoms with Crippen LogP contribution < -0.4 is 0 Å². The van der Waals surface area contributed by atoms with Crippen LogP contribution in [0.25, 0.3) is 0 Å². The smallest absolute Gasteiger partial charge is 0.128 e. The summed E-state index contributed by atoms with van der Waals surface area (Å²) in [6.45, 7) is 4.29. The van der Waals surface area contributed by atoms with E-state index in [2.05, 4.69) is 25.7 Å². The normalized spacial score (nSPS) is 30.4. The molecule has 1 saturated carbocycles. The molecule has 0 heterocycles. The summed E-state index contributed by atoms with van der Waals surface area (Å²) in [6.07, 6.45) is 7.99. The zero-order valence-corrected chi connectivity index (χ0v) is 9.47. The van der Waals surface area contributed by atoms with E-state index in [1.807, 2.05) is 0 Å². The van der Waals surface area contributed by atoms with Crippen molar-refractivity contribution >= 4 is 0 Å². The molecule has 1 aliphatic rings. The SMILES string of the molecule is CCCCCCC#C[C@@]1(O)CC[C@@H]1C. The van der Waals surface area contributed by atoms with Crippen molar-refractivity contribution in [3.8, 4) is 11.8 Å². The molecule has 0 unspecified atom stereocenters. The Hall–Kier alpha value is -0.480. The Morgan fingerprint density at radius 1 is 1.36 bits per heavy atom. The van der Waals surface area contributed by atoms with E-state index in [0.29, 0.717) is 5.92 Å². The second-order valence-electron chi connectivity index (χ2n) is 4.48. The Morgan fingerprint density at radius 3 is 2.64 bits per heavy atom. The molecule has 14 heavy (non-hydrogen) atoms. The topological polar surface area (TPSA) is 20.2 Å². The van der Waals surface area contributed by atoms with E-state index in [1.165, 1.54) is 25.7 Å². The Morgan fingerprint density at radius 2 is 2.14 bits per heavy atom. The van der Waals surface area contributed by atoms with Crippen LogP contribution in [-0.2, 0) is 0 Å². The Bertz CT molecular complexity index is 223. The standard InChI is InChI=1S/C13H22O/c1-3-4-5-6-7-8-10-13(14)11-9-12(13)2/h12,14H,3-7,9,11H2,1-2H3/t12-,13+/m0/s1. The van der Waals surface area contributed by atoms with Crippen LogP contribution in [0.5, 0.6) is 0 Å². The fourth-order valence-corrected chi connectivity index (χ4v) is 1.75. The molecule has 2 atom stereocenters. The number of hydrogen-bond donors (Lipinski definition) is 1. The van der Waals surface area contributed by atoms with Crippen LogP contribution >= 0.6 is 0 Å². The lowest BCUT2D eigenvalue weighted by molar-refractivity contribution is -0.0332. The first-order valence-corrected chi connectivity index (χ1v) is 5.91. The predicted octanol–water partition coefficient (Wildman–Crippen LogP) is 3.12. The molecule has 1 aliphatic carbocycles. The van der Waals surface area contributed by atoms with E-state index < -0.39 is 5.60 Å². The first-order valence-electron chi connectivity index (χ1n) is 5.91. The van der Waals surface area contributed by atoms with Gasteiger partial charge in [0.25, 0.3) is 0 Å².